The maximum Gasteiger partial charge on any atom is 0.220 e. The van der Waals surface area contributed by atoms with Crippen LogP contribution >= 0.6 is 0 Å². The van der Waals surface area contributed by atoms with E-state index in [1.165, 1.54) is 5.56 Å². The number of aryl methyl sites for hydroxylation is 1. The Balaban J connectivity index is 1.76. The first-order valence-electron chi connectivity index (χ1n) is 8.69. The zero-order chi connectivity index (χ0) is 17.6. The fourth-order valence-electron chi connectivity index (χ4n) is 2.95. The Labute approximate surface area is 145 Å². The normalized spacial score (nSPS) is 17.5. The third kappa shape index (κ3) is 5.89. The molecule has 2 rings (SSSR count). The van der Waals surface area contributed by atoms with Gasteiger partial charge in [0, 0.05) is 32.6 Å². The molecule has 2 N–H and O–H groups in total. The van der Waals surface area contributed by atoms with Gasteiger partial charge >= 0.3 is 0 Å². The van der Waals surface area contributed by atoms with Gasteiger partial charge in [-0.2, -0.15) is 0 Å². The third-order valence-electron chi connectivity index (χ3n) is 4.54. The molecule has 1 aromatic carbocycles. The van der Waals surface area contributed by atoms with Crippen LogP contribution in [0.5, 0.6) is 0 Å². The molecule has 1 aliphatic rings. The van der Waals surface area contributed by atoms with Gasteiger partial charge in [0.15, 0.2) is 0 Å². The van der Waals surface area contributed by atoms with Gasteiger partial charge in [-0.05, 0) is 17.9 Å². The van der Waals surface area contributed by atoms with E-state index >= 15 is 0 Å². The van der Waals surface area contributed by atoms with Crippen LogP contribution in [0.15, 0.2) is 24.3 Å². The summed E-state index contributed by atoms with van der Waals surface area (Å²) in [7, 11) is 0. The molecule has 24 heavy (non-hydrogen) atoms. The Hall–Kier alpha value is -1.43. The summed E-state index contributed by atoms with van der Waals surface area (Å²) in [6.07, 6.45) is -0.144. The zero-order valence-corrected chi connectivity index (χ0v) is 15.0. The van der Waals surface area contributed by atoms with Crippen molar-refractivity contribution in [2.75, 3.05) is 39.4 Å². The topological polar surface area (TPSA) is 61.8 Å². The monoisotopic (exact) mass is 334 g/mol. The number of β-amino-alcohol motifs (C(OH)–C–C–N with tert-alkyl or cyclic N) is 1. The highest BCUT2D eigenvalue weighted by Gasteiger charge is 2.24. The Morgan fingerprint density at radius 2 is 1.92 bits per heavy atom. The largest absolute Gasteiger partial charge is 0.390 e. The Morgan fingerprint density at radius 1 is 1.29 bits per heavy atom. The highest BCUT2D eigenvalue weighted by Crippen LogP contribution is 2.27. The lowest BCUT2D eigenvalue weighted by atomic mass is 9.81. The standard InChI is InChI=1S/C19H30N2O3/c1-15-4-6-16(7-5-15)19(2,3)12-18(23)20-13-17(22)14-21-8-10-24-11-9-21/h4-7,17,22H,8-14H2,1-3H3,(H,20,23). The lowest BCUT2D eigenvalue weighted by molar-refractivity contribution is -0.122. The number of carbonyl (C=O) groups excluding carboxylic acids is 1. The molecule has 1 heterocycles. The molecular weight excluding hydrogens is 304 g/mol. The van der Waals surface area contributed by atoms with E-state index in [1.807, 2.05) is 0 Å². The van der Waals surface area contributed by atoms with E-state index in [0.29, 0.717) is 32.7 Å². The number of amides is 1. The number of hydrogen-bond donors (Lipinski definition) is 2. The Bertz CT molecular complexity index is 522. The number of nitrogens with one attached hydrogen (secondary N) is 1. The van der Waals surface area contributed by atoms with E-state index in [4.69, 9.17) is 4.74 Å². The number of benzene rings is 1. The summed E-state index contributed by atoms with van der Waals surface area (Å²) in [5.41, 5.74) is 2.13. The van der Waals surface area contributed by atoms with Crippen LogP contribution in [0, 0.1) is 6.92 Å². The van der Waals surface area contributed by atoms with Gasteiger partial charge in [0.2, 0.25) is 5.91 Å². The number of carbonyl (C=O) groups is 1. The predicted molar refractivity (Wildman–Crippen MR) is 95.1 cm³/mol. The first-order valence-corrected chi connectivity index (χ1v) is 8.69. The maximum atomic E-state index is 12.2. The lowest BCUT2D eigenvalue weighted by Gasteiger charge is -2.29. The minimum absolute atomic E-state index is 0.0263. The fraction of sp³-hybridized carbons (Fsp3) is 0.632. The van der Waals surface area contributed by atoms with E-state index in [9.17, 15) is 9.90 Å². The molecule has 0 aliphatic carbocycles. The molecule has 1 unspecified atom stereocenters. The summed E-state index contributed by atoms with van der Waals surface area (Å²) in [5, 5.41) is 13.0. The molecule has 134 valence electrons. The summed E-state index contributed by atoms with van der Waals surface area (Å²) in [6.45, 7) is 10.2. The van der Waals surface area contributed by atoms with Crippen molar-refractivity contribution in [2.24, 2.45) is 0 Å². The average Bonchev–Trinajstić information content (AvgIpc) is 2.54. The number of rotatable bonds is 7. The van der Waals surface area contributed by atoms with Crippen molar-refractivity contribution in [1.29, 1.82) is 0 Å². The van der Waals surface area contributed by atoms with E-state index in [1.54, 1.807) is 0 Å². The van der Waals surface area contributed by atoms with Gasteiger partial charge in [-0.3, -0.25) is 9.69 Å². The number of aliphatic hydroxyl groups excluding tert-OH is 1. The van der Waals surface area contributed by atoms with Crippen molar-refractivity contribution in [3.05, 3.63) is 35.4 Å². The highest BCUT2D eigenvalue weighted by atomic mass is 16.5. The van der Waals surface area contributed by atoms with E-state index in [-0.39, 0.29) is 11.3 Å². The molecule has 1 aromatic rings. The Morgan fingerprint density at radius 3 is 2.54 bits per heavy atom. The van der Waals surface area contributed by atoms with Crippen LogP contribution < -0.4 is 5.32 Å². The molecular formula is C19H30N2O3. The number of morpholine rings is 1. The molecule has 0 bridgehead atoms. The second kappa shape index (κ2) is 8.60. The molecule has 5 heteroatoms. The molecule has 1 saturated heterocycles. The van der Waals surface area contributed by atoms with Crippen LogP contribution in [0.2, 0.25) is 0 Å². The minimum atomic E-state index is -0.547. The third-order valence-corrected chi connectivity index (χ3v) is 4.54. The first kappa shape index (κ1) is 18.9. The van der Waals surface area contributed by atoms with Crippen molar-refractivity contribution in [2.45, 2.75) is 38.7 Å². The number of aliphatic hydroxyl groups is 1. The smallest absolute Gasteiger partial charge is 0.220 e. The number of hydrogen-bond acceptors (Lipinski definition) is 4. The summed E-state index contributed by atoms with van der Waals surface area (Å²) in [4.78, 5) is 14.4. The van der Waals surface area contributed by atoms with Crippen LogP contribution in [-0.4, -0.2) is 61.4 Å². The SMILES string of the molecule is Cc1ccc(C(C)(C)CC(=O)NCC(O)CN2CCOCC2)cc1. The van der Waals surface area contributed by atoms with E-state index < -0.39 is 6.10 Å². The van der Waals surface area contributed by atoms with Crippen molar-refractivity contribution in [3.8, 4) is 0 Å². The fourth-order valence-corrected chi connectivity index (χ4v) is 2.95. The van der Waals surface area contributed by atoms with Crippen LogP contribution in [0.3, 0.4) is 0 Å². The summed E-state index contributed by atoms with van der Waals surface area (Å²) in [6, 6.07) is 8.30. The average molecular weight is 334 g/mol. The molecule has 1 fully saturated rings. The molecule has 1 amide bonds. The van der Waals surface area contributed by atoms with Crippen LogP contribution in [-0.2, 0) is 14.9 Å². The lowest BCUT2D eigenvalue weighted by Crippen LogP contribution is -2.45. The van der Waals surface area contributed by atoms with Gasteiger partial charge < -0.3 is 15.2 Å². The number of nitrogens with zero attached hydrogens (tertiary/aromatic N) is 1. The van der Waals surface area contributed by atoms with Gasteiger partial charge in [0.05, 0.1) is 19.3 Å². The van der Waals surface area contributed by atoms with E-state index in [2.05, 4.69) is 55.3 Å². The van der Waals surface area contributed by atoms with Crippen LogP contribution in [0.1, 0.15) is 31.4 Å². The Kier molecular flexibility index (Phi) is 6.78. The second-order valence-corrected chi connectivity index (χ2v) is 7.30. The molecule has 0 spiro atoms. The minimum Gasteiger partial charge on any atom is -0.390 e. The molecule has 1 atom stereocenters. The summed E-state index contributed by atoms with van der Waals surface area (Å²) in [5.74, 6) is -0.0263. The first-order chi connectivity index (χ1) is 11.4. The van der Waals surface area contributed by atoms with Gasteiger partial charge in [0.25, 0.3) is 0 Å². The molecule has 1 aliphatic heterocycles. The van der Waals surface area contributed by atoms with Gasteiger partial charge in [-0.15, -0.1) is 0 Å². The maximum absolute atomic E-state index is 12.2. The van der Waals surface area contributed by atoms with Gasteiger partial charge in [0.1, 0.15) is 0 Å². The molecule has 5 nitrogen and oxygen atoms in total. The molecule has 0 radical (unpaired) electrons. The highest BCUT2D eigenvalue weighted by molar-refractivity contribution is 5.77. The van der Waals surface area contributed by atoms with Crippen LogP contribution in [0.4, 0.5) is 0 Å². The van der Waals surface area contributed by atoms with Crippen molar-refractivity contribution in [3.63, 3.8) is 0 Å². The summed E-state index contributed by atoms with van der Waals surface area (Å²) >= 11 is 0. The second-order valence-electron chi connectivity index (χ2n) is 7.30. The number of ether oxygens (including phenoxy) is 1. The molecule has 0 saturated carbocycles. The predicted octanol–water partition coefficient (Wildman–Crippen LogP) is 1.47. The quantitative estimate of drug-likeness (QED) is 0.793. The van der Waals surface area contributed by atoms with Crippen molar-refractivity contribution < 1.29 is 14.6 Å². The molecule has 0 aromatic heterocycles. The zero-order valence-electron chi connectivity index (χ0n) is 15.0. The van der Waals surface area contributed by atoms with Gasteiger partial charge in [-0.25, -0.2) is 0 Å². The van der Waals surface area contributed by atoms with Crippen molar-refractivity contribution in [1.82, 2.24) is 10.2 Å². The van der Waals surface area contributed by atoms with Gasteiger partial charge in [-0.1, -0.05) is 43.7 Å². The van der Waals surface area contributed by atoms with Crippen molar-refractivity contribution >= 4 is 5.91 Å². The van der Waals surface area contributed by atoms with Crippen LogP contribution in [0.25, 0.3) is 0 Å². The summed E-state index contributed by atoms with van der Waals surface area (Å²) < 4.78 is 5.29. The van der Waals surface area contributed by atoms with E-state index in [0.717, 1.165) is 18.7 Å².